The van der Waals surface area contributed by atoms with E-state index in [1.165, 1.54) is 11.9 Å². The van der Waals surface area contributed by atoms with E-state index in [1.807, 2.05) is 28.9 Å². The van der Waals surface area contributed by atoms with Gasteiger partial charge in [-0.3, -0.25) is 4.90 Å². The van der Waals surface area contributed by atoms with Crippen LogP contribution in [0.1, 0.15) is 11.6 Å². The molecule has 0 bridgehead atoms. The highest BCUT2D eigenvalue weighted by Crippen LogP contribution is 2.36. The molecule has 1 fully saturated rings. The van der Waals surface area contributed by atoms with E-state index in [0.29, 0.717) is 27.4 Å². The SMILES string of the molecule is Nc1ncnc2c1cnn2CCN1CCN(c2ccc(Cl)cc2Cl)[C@H](c2ccc(Cl)cc2)C1. The normalized spacial score (nSPS) is 17.1. The first kappa shape index (κ1) is 22.2. The molecule has 0 saturated carbocycles. The summed E-state index contributed by atoms with van der Waals surface area (Å²) in [6.45, 7) is 4.07. The lowest BCUT2D eigenvalue weighted by molar-refractivity contribution is 0.214. The van der Waals surface area contributed by atoms with Crippen LogP contribution in [0.5, 0.6) is 0 Å². The molecule has 0 aliphatic carbocycles. The molecule has 1 aliphatic rings. The monoisotopic (exact) mass is 501 g/mol. The van der Waals surface area contributed by atoms with Crippen LogP contribution in [0, 0.1) is 0 Å². The van der Waals surface area contributed by atoms with Crippen LogP contribution in [0.15, 0.2) is 55.0 Å². The number of anilines is 2. The van der Waals surface area contributed by atoms with Crippen molar-refractivity contribution in [3.8, 4) is 0 Å². The number of hydrogen-bond donors (Lipinski definition) is 1. The molecule has 10 heteroatoms. The van der Waals surface area contributed by atoms with Crippen LogP contribution in [-0.4, -0.2) is 50.8 Å². The van der Waals surface area contributed by atoms with Crippen molar-refractivity contribution in [3.63, 3.8) is 0 Å². The summed E-state index contributed by atoms with van der Waals surface area (Å²) in [4.78, 5) is 13.2. The Morgan fingerprint density at radius 1 is 0.939 bits per heavy atom. The predicted molar refractivity (Wildman–Crippen MR) is 134 cm³/mol. The molecule has 1 aliphatic heterocycles. The summed E-state index contributed by atoms with van der Waals surface area (Å²) >= 11 is 18.9. The van der Waals surface area contributed by atoms with Crippen molar-refractivity contribution >= 4 is 57.3 Å². The van der Waals surface area contributed by atoms with Crippen LogP contribution in [0.2, 0.25) is 15.1 Å². The Hall–Kier alpha value is -2.58. The fourth-order valence-corrected chi connectivity index (χ4v) is 4.97. The summed E-state index contributed by atoms with van der Waals surface area (Å²) in [5.41, 5.74) is 8.86. The number of piperazine rings is 1. The number of halogens is 3. The van der Waals surface area contributed by atoms with Crippen LogP contribution in [-0.2, 0) is 6.54 Å². The van der Waals surface area contributed by atoms with Crippen molar-refractivity contribution in [2.24, 2.45) is 0 Å². The maximum Gasteiger partial charge on any atom is 0.163 e. The number of fused-ring (bicyclic) bond motifs is 1. The summed E-state index contributed by atoms with van der Waals surface area (Å²) in [7, 11) is 0. The van der Waals surface area contributed by atoms with Gasteiger partial charge in [-0.15, -0.1) is 0 Å². The number of nitrogens with zero attached hydrogens (tertiary/aromatic N) is 6. The lowest BCUT2D eigenvalue weighted by Crippen LogP contribution is -2.49. The smallest absolute Gasteiger partial charge is 0.163 e. The predicted octanol–water partition coefficient (Wildman–Crippen LogP) is 4.93. The highest BCUT2D eigenvalue weighted by molar-refractivity contribution is 6.36. The molecule has 33 heavy (non-hydrogen) atoms. The van der Waals surface area contributed by atoms with Gasteiger partial charge < -0.3 is 10.6 Å². The van der Waals surface area contributed by atoms with Crippen molar-refractivity contribution < 1.29 is 0 Å². The van der Waals surface area contributed by atoms with Gasteiger partial charge in [0.2, 0.25) is 0 Å². The number of rotatable bonds is 5. The van der Waals surface area contributed by atoms with Gasteiger partial charge in [0.15, 0.2) is 5.65 Å². The molecule has 2 aromatic heterocycles. The molecule has 0 unspecified atom stereocenters. The van der Waals surface area contributed by atoms with E-state index < -0.39 is 0 Å². The van der Waals surface area contributed by atoms with Crippen LogP contribution in [0.4, 0.5) is 11.5 Å². The maximum absolute atomic E-state index is 6.58. The zero-order valence-corrected chi connectivity index (χ0v) is 20.0. The average Bonchev–Trinajstić information content (AvgIpc) is 3.23. The van der Waals surface area contributed by atoms with Gasteiger partial charge in [0.05, 0.1) is 34.9 Å². The average molecular weight is 503 g/mol. The highest BCUT2D eigenvalue weighted by Gasteiger charge is 2.29. The van der Waals surface area contributed by atoms with Gasteiger partial charge in [0.25, 0.3) is 0 Å². The van der Waals surface area contributed by atoms with Crippen molar-refractivity contribution in [1.29, 1.82) is 0 Å². The molecule has 2 N–H and O–H groups in total. The van der Waals surface area contributed by atoms with Gasteiger partial charge in [-0.05, 0) is 35.9 Å². The largest absolute Gasteiger partial charge is 0.383 e. The van der Waals surface area contributed by atoms with E-state index in [-0.39, 0.29) is 6.04 Å². The van der Waals surface area contributed by atoms with E-state index in [0.717, 1.165) is 42.9 Å². The first-order chi connectivity index (χ1) is 16.0. The highest BCUT2D eigenvalue weighted by atomic mass is 35.5. The lowest BCUT2D eigenvalue weighted by Gasteiger charge is -2.43. The minimum absolute atomic E-state index is 0.113. The zero-order valence-electron chi connectivity index (χ0n) is 17.7. The molecule has 1 atom stereocenters. The Morgan fingerprint density at radius 2 is 1.73 bits per heavy atom. The number of benzene rings is 2. The Morgan fingerprint density at radius 3 is 2.52 bits per heavy atom. The molecule has 1 saturated heterocycles. The summed E-state index contributed by atoms with van der Waals surface area (Å²) in [6, 6.07) is 13.8. The van der Waals surface area contributed by atoms with Crippen molar-refractivity contribution in [3.05, 3.63) is 75.6 Å². The van der Waals surface area contributed by atoms with Crippen LogP contribution >= 0.6 is 34.8 Å². The first-order valence-electron chi connectivity index (χ1n) is 10.6. The third-order valence-electron chi connectivity index (χ3n) is 6.03. The van der Waals surface area contributed by atoms with E-state index in [2.05, 4.69) is 37.0 Å². The molecule has 5 rings (SSSR count). The maximum atomic E-state index is 6.58. The molecule has 170 valence electrons. The molecule has 0 radical (unpaired) electrons. The van der Waals surface area contributed by atoms with E-state index >= 15 is 0 Å². The lowest BCUT2D eigenvalue weighted by atomic mass is 10.0. The van der Waals surface area contributed by atoms with Gasteiger partial charge in [0.1, 0.15) is 12.1 Å². The van der Waals surface area contributed by atoms with Gasteiger partial charge in [-0.25, -0.2) is 14.6 Å². The van der Waals surface area contributed by atoms with Gasteiger partial charge in [0, 0.05) is 36.2 Å². The quantitative estimate of drug-likeness (QED) is 0.417. The summed E-state index contributed by atoms with van der Waals surface area (Å²) in [5.74, 6) is 0.447. The Bertz CT molecular complexity index is 1280. The zero-order chi connectivity index (χ0) is 22.9. The molecule has 2 aromatic carbocycles. The van der Waals surface area contributed by atoms with Crippen molar-refractivity contribution in [2.75, 3.05) is 36.8 Å². The molecule has 3 heterocycles. The number of nitrogen functional groups attached to an aromatic ring is 1. The Balaban J connectivity index is 1.38. The molecular formula is C23H22Cl3N7. The fraction of sp³-hybridized carbons (Fsp3) is 0.261. The van der Waals surface area contributed by atoms with Gasteiger partial charge in [-0.1, -0.05) is 46.9 Å². The summed E-state index contributed by atoms with van der Waals surface area (Å²) in [6.07, 6.45) is 3.20. The Labute approximate surface area is 206 Å². The number of hydrogen-bond acceptors (Lipinski definition) is 6. The van der Waals surface area contributed by atoms with Crippen molar-refractivity contribution in [2.45, 2.75) is 12.6 Å². The van der Waals surface area contributed by atoms with Gasteiger partial charge in [-0.2, -0.15) is 5.10 Å². The minimum atomic E-state index is 0.113. The molecule has 4 aromatic rings. The van der Waals surface area contributed by atoms with Crippen LogP contribution in [0.25, 0.3) is 11.0 Å². The Kier molecular flexibility index (Phi) is 6.29. The second-order valence-corrected chi connectivity index (χ2v) is 9.30. The van der Waals surface area contributed by atoms with Gasteiger partial charge >= 0.3 is 0 Å². The third kappa shape index (κ3) is 4.59. The van der Waals surface area contributed by atoms with E-state index in [1.54, 1.807) is 12.3 Å². The van der Waals surface area contributed by atoms with E-state index in [4.69, 9.17) is 40.5 Å². The van der Waals surface area contributed by atoms with Crippen LogP contribution in [0.3, 0.4) is 0 Å². The molecule has 7 nitrogen and oxygen atoms in total. The van der Waals surface area contributed by atoms with Crippen molar-refractivity contribution in [1.82, 2.24) is 24.6 Å². The summed E-state index contributed by atoms with van der Waals surface area (Å²) < 4.78 is 1.88. The van der Waals surface area contributed by atoms with E-state index in [9.17, 15) is 0 Å². The molecular weight excluding hydrogens is 481 g/mol. The second-order valence-electron chi connectivity index (χ2n) is 8.02. The standard InChI is InChI=1S/C23H22Cl3N7/c24-16-3-1-15(2-4-16)21-13-31(7-9-32(21)20-6-5-17(25)11-19(20)26)8-10-33-23-18(12-30-33)22(27)28-14-29-23/h1-6,11-12,14,21H,7-10,13H2,(H2,27,28,29)/t21-/m0/s1. The fourth-order valence-electron chi connectivity index (χ4n) is 4.33. The second kappa shape index (κ2) is 9.35. The minimum Gasteiger partial charge on any atom is -0.383 e. The number of nitrogens with two attached hydrogens (primary N) is 1. The third-order valence-corrected chi connectivity index (χ3v) is 6.82. The molecule has 0 amide bonds. The first-order valence-corrected chi connectivity index (χ1v) is 11.7. The summed E-state index contributed by atoms with van der Waals surface area (Å²) in [5, 5.41) is 7.23. The number of aromatic nitrogens is 4. The topological polar surface area (TPSA) is 76.1 Å². The van der Waals surface area contributed by atoms with Crippen LogP contribution < -0.4 is 10.6 Å². The molecule has 0 spiro atoms.